The lowest BCUT2D eigenvalue weighted by atomic mass is 10.6. The molecule has 0 aliphatic rings. The van der Waals surface area contributed by atoms with Gasteiger partial charge in [0.2, 0.25) is 5.16 Å². The highest BCUT2D eigenvalue weighted by molar-refractivity contribution is 7.99. The van der Waals surface area contributed by atoms with Gasteiger partial charge in [0.05, 0.1) is 13.2 Å². The van der Waals surface area contributed by atoms with Crippen LogP contribution in [0.4, 0.5) is 4.39 Å². The van der Waals surface area contributed by atoms with Crippen molar-refractivity contribution in [1.82, 2.24) is 25.5 Å². The van der Waals surface area contributed by atoms with Gasteiger partial charge in [0.25, 0.3) is 0 Å². The van der Waals surface area contributed by atoms with Gasteiger partial charge in [-0.3, -0.25) is 4.39 Å². The number of hydrogen-bond donors (Lipinski definition) is 1. The topological polar surface area (TPSA) is 55.6 Å². The third kappa shape index (κ3) is 3.59. The van der Waals surface area contributed by atoms with E-state index < -0.39 is 0 Å². The smallest absolute Gasteiger partial charge is 0.209 e. The van der Waals surface area contributed by atoms with Crippen LogP contribution in [0.2, 0.25) is 0 Å². The molecule has 7 heteroatoms. The number of hydrogen-bond acceptors (Lipinski definition) is 5. The fourth-order valence-corrected chi connectivity index (χ4v) is 1.56. The van der Waals surface area contributed by atoms with Crippen LogP contribution < -0.4 is 5.32 Å². The van der Waals surface area contributed by atoms with Crippen molar-refractivity contribution in [1.29, 1.82) is 0 Å². The van der Waals surface area contributed by atoms with Crippen LogP contribution in [0.15, 0.2) is 5.16 Å². The van der Waals surface area contributed by atoms with Gasteiger partial charge in [-0.2, -0.15) is 0 Å². The molecule has 0 amide bonds. The quantitative estimate of drug-likeness (QED) is 0.529. The molecule has 0 saturated carbocycles. The standard InChI is InChI=1S/C7H14FN5S/c1-2-9-4-5-13-7(10-11-12-13)14-6-3-8/h9H,2-6H2,1H3. The van der Waals surface area contributed by atoms with Gasteiger partial charge in [-0.25, -0.2) is 4.68 Å². The van der Waals surface area contributed by atoms with Crippen LogP contribution in [0.5, 0.6) is 0 Å². The molecular formula is C7H14FN5S. The van der Waals surface area contributed by atoms with Gasteiger partial charge in [0.15, 0.2) is 0 Å². The molecule has 0 aromatic carbocycles. The first-order chi connectivity index (χ1) is 6.88. The first-order valence-electron chi connectivity index (χ1n) is 4.54. The lowest BCUT2D eigenvalue weighted by Crippen LogP contribution is -2.20. The predicted molar refractivity (Wildman–Crippen MR) is 53.1 cm³/mol. The van der Waals surface area contributed by atoms with Gasteiger partial charge in [-0.05, 0) is 17.0 Å². The molecule has 1 aromatic rings. The van der Waals surface area contributed by atoms with E-state index in [2.05, 4.69) is 20.8 Å². The third-order valence-corrected chi connectivity index (χ3v) is 2.47. The summed E-state index contributed by atoms with van der Waals surface area (Å²) in [4.78, 5) is 0. The highest BCUT2D eigenvalue weighted by Crippen LogP contribution is 2.12. The SMILES string of the molecule is CCNCCn1nnnc1SCCF. The second-order valence-electron chi connectivity index (χ2n) is 2.58. The zero-order valence-electron chi connectivity index (χ0n) is 8.11. The second kappa shape index (κ2) is 6.72. The van der Waals surface area contributed by atoms with Crippen LogP contribution >= 0.6 is 11.8 Å². The number of nitrogens with zero attached hydrogens (tertiary/aromatic N) is 4. The van der Waals surface area contributed by atoms with E-state index in [0.717, 1.165) is 19.6 Å². The van der Waals surface area contributed by atoms with Crippen LogP contribution in [-0.4, -0.2) is 45.7 Å². The highest BCUT2D eigenvalue weighted by Gasteiger charge is 2.05. The minimum Gasteiger partial charge on any atom is -0.315 e. The Morgan fingerprint density at radius 2 is 2.43 bits per heavy atom. The number of thioether (sulfide) groups is 1. The molecule has 1 N–H and O–H groups in total. The number of rotatable bonds is 7. The molecule has 0 radical (unpaired) electrons. The minimum absolute atomic E-state index is 0.356. The normalized spacial score (nSPS) is 10.7. The van der Waals surface area contributed by atoms with Crippen molar-refractivity contribution in [3.05, 3.63) is 0 Å². The largest absolute Gasteiger partial charge is 0.315 e. The van der Waals surface area contributed by atoms with Crippen molar-refractivity contribution >= 4 is 11.8 Å². The zero-order chi connectivity index (χ0) is 10.2. The summed E-state index contributed by atoms with van der Waals surface area (Å²) in [5.41, 5.74) is 0. The molecule has 80 valence electrons. The van der Waals surface area contributed by atoms with Gasteiger partial charge < -0.3 is 5.32 Å². The second-order valence-corrected chi connectivity index (χ2v) is 3.64. The van der Waals surface area contributed by atoms with E-state index in [1.54, 1.807) is 4.68 Å². The maximum atomic E-state index is 11.9. The van der Waals surface area contributed by atoms with E-state index >= 15 is 0 Å². The van der Waals surface area contributed by atoms with Crippen LogP contribution in [0.1, 0.15) is 6.92 Å². The zero-order valence-corrected chi connectivity index (χ0v) is 8.93. The first-order valence-corrected chi connectivity index (χ1v) is 5.52. The Hall–Kier alpha value is -0.690. The summed E-state index contributed by atoms with van der Waals surface area (Å²) < 4.78 is 13.6. The fourth-order valence-electron chi connectivity index (χ4n) is 0.932. The van der Waals surface area contributed by atoms with E-state index in [-0.39, 0.29) is 6.67 Å². The molecule has 0 atom stereocenters. The van der Waals surface area contributed by atoms with Crippen LogP contribution in [0.3, 0.4) is 0 Å². The predicted octanol–water partition coefficient (Wildman–Crippen LogP) is 0.344. The summed E-state index contributed by atoms with van der Waals surface area (Å²) in [6.45, 7) is 4.15. The van der Waals surface area contributed by atoms with Gasteiger partial charge in [-0.15, -0.1) is 5.10 Å². The molecule has 1 rings (SSSR count). The maximum absolute atomic E-state index is 11.9. The van der Waals surface area contributed by atoms with E-state index in [4.69, 9.17) is 0 Å². The molecular weight excluding hydrogens is 205 g/mol. The molecule has 0 saturated heterocycles. The molecule has 0 bridgehead atoms. The first kappa shape index (κ1) is 11.4. The monoisotopic (exact) mass is 219 g/mol. The summed E-state index contributed by atoms with van der Waals surface area (Å²) in [5, 5.41) is 15.0. The lowest BCUT2D eigenvalue weighted by molar-refractivity contribution is 0.514. The molecule has 5 nitrogen and oxygen atoms in total. The Morgan fingerprint density at radius 3 is 3.14 bits per heavy atom. The molecule has 0 fully saturated rings. The lowest BCUT2D eigenvalue weighted by Gasteiger charge is -2.03. The fraction of sp³-hybridized carbons (Fsp3) is 0.857. The highest BCUT2D eigenvalue weighted by atomic mass is 32.2. The van der Waals surface area contributed by atoms with Crippen LogP contribution in [0.25, 0.3) is 0 Å². The third-order valence-electron chi connectivity index (χ3n) is 1.56. The number of tetrazole rings is 1. The number of halogens is 1. The number of nitrogens with one attached hydrogen (secondary N) is 1. The Labute approximate surface area is 86.4 Å². The van der Waals surface area contributed by atoms with Gasteiger partial charge in [0.1, 0.15) is 0 Å². The van der Waals surface area contributed by atoms with Crippen LogP contribution in [0, 0.1) is 0 Å². The van der Waals surface area contributed by atoms with Crippen molar-refractivity contribution in [2.45, 2.75) is 18.6 Å². The Morgan fingerprint density at radius 1 is 1.57 bits per heavy atom. The van der Waals surface area contributed by atoms with Crippen molar-refractivity contribution in [2.75, 3.05) is 25.5 Å². The number of alkyl halides is 1. The maximum Gasteiger partial charge on any atom is 0.209 e. The summed E-state index contributed by atoms with van der Waals surface area (Å²) in [5.74, 6) is 0.404. The number of likely N-dealkylation sites (N-methyl/N-ethyl adjacent to an activating group) is 1. The molecule has 0 aliphatic carbocycles. The molecule has 14 heavy (non-hydrogen) atoms. The van der Waals surface area contributed by atoms with E-state index in [9.17, 15) is 4.39 Å². The van der Waals surface area contributed by atoms with E-state index in [1.807, 2.05) is 6.92 Å². The molecule has 0 unspecified atom stereocenters. The minimum atomic E-state index is -0.356. The average molecular weight is 219 g/mol. The van der Waals surface area contributed by atoms with Crippen molar-refractivity contribution in [2.24, 2.45) is 0 Å². The van der Waals surface area contributed by atoms with Gasteiger partial charge in [-0.1, -0.05) is 18.7 Å². The van der Waals surface area contributed by atoms with Crippen molar-refractivity contribution < 1.29 is 4.39 Å². The van der Waals surface area contributed by atoms with Crippen molar-refractivity contribution in [3.63, 3.8) is 0 Å². The molecule has 0 aliphatic heterocycles. The van der Waals surface area contributed by atoms with Crippen LogP contribution in [-0.2, 0) is 6.54 Å². The Bertz CT molecular complexity index is 254. The summed E-state index contributed by atoms with van der Waals surface area (Å²) in [6.07, 6.45) is 0. The average Bonchev–Trinajstić information content (AvgIpc) is 2.63. The molecule has 1 aromatic heterocycles. The van der Waals surface area contributed by atoms with Gasteiger partial charge >= 0.3 is 0 Å². The Kier molecular flexibility index (Phi) is 5.46. The summed E-state index contributed by atoms with van der Waals surface area (Å²) >= 11 is 1.34. The van der Waals surface area contributed by atoms with Gasteiger partial charge in [0, 0.05) is 12.3 Å². The molecule has 0 spiro atoms. The Balaban J connectivity index is 2.37. The summed E-state index contributed by atoms with van der Waals surface area (Å²) in [7, 11) is 0. The summed E-state index contributed by atoms with van der Waals surface area (Å²) in [6, 6.07) is 0. The van der Waals surface area contributed by atoms with E-state index in [0.29, 0.717) is 10.9 Å². The number of aromatic nitrogens is 4. The molecule has 1 heterocycles. The van der Waals surface area contributed by atoms with E-state index in [1.165, 1.54) is 11.8 Å². The van der Waals surface area contributed by atoms with Crippen molar-refractivity contribution in [3.8, 4) is 0 Å².